The van der Waals surface area contributed by atoms with Crippen molar-refractivity contribution in [2.75, 3.05) is 20.2 Å². The van der Waals surface area contributed by atoms with Crippen molar-refractivity contribution < 1.29 is 14.8 Å². The van der Waals surface area contributed by atoms with E-state index in [2.05, 4.69) is 25.8 Å². The number of likely N-dealkylation sites (N-methyl/N-ethyl adjacent to an activating group) is 1. The third kappa shape index (κ3) is 4.77. The molecule has 0 spiro atoms. The van der Waals surface area contributed by atoms with Gasteiger partial charge in [-0.05, 0) is 38.5 Å². The first kappa shape index (κ1) is 14.0. The van der Waals surface area contributed by atoms with Gasteiger partial charge in [0, 0.05) is 12.6 Å². The zero-order valence-electron chi connectivity index (χ0n) is 10.6. The molecule has 0 aliphatic carbocycles. The molecule has 2 N–H and O–H groups in total. The van der Waals surface area contributed by atoms with Crippen molar-refractivity contribution in [1.82, 2.24) is 4.90 Å². The van der Waals surface area contributed by atoms with Crippen LogP contribution < -0.4 is 10.2 Å². The Balaban J connectivity index is 2.37. The molecule has 0 unspecified atom stereocenters. The highest BCUT2D eigenvalue weighted by Crippen LogP contribution is 2.07. The minimum Gasteiger partial charge on any atom is -0.492 e. The molecule has 1 rings (SSSR count). The maximum absolute atomic E-state index is 8.93. The van der Waals surface area contributed by atoms with Gasteiger partial charge in [0.15, 0.2) is 0 Å². The van der Waals surface area contributed by atoms with Gasteiger partial charge in [0.25, 0.3) is 0 Å². The van der Waals surface area contributed by atoms with E-state index < -0.39 is 7.12 Å². The van der Waals surface area contributed by atoms with Crippen LogP contribution in [0.25, 0.3) is 0 Å². The minimum absolute atomic E-state index is 0.469. The van der Waals surface area contributed by atoms with Crippen LogP contribution in [0.5, 0.6) is 5.75 Å². The highest BCUT2D eigenvalue weighted by molar-refractivity contribution is 6.58. The van der Waals surface area contributed by atoms with E-state index in [1.165, 1.54) is 0 Å². The van der Waals surface area contributed by atoms with Gasteiger partial charge >= 0.3 is 7.12 Å². The maximum atomic E-state index is 8.93. The largest absolute Gasteiger partial charge is 0.492 e. The van der Waals surface area contributed by atoms with Crippen molar-refractivity contribution in [2.24, 2.45) is 0 Å². The third-order valence-corrected chi connectivity index (χ3v) is 2.77. The Hall–Kier alpha value is -1.04. The van der Waals surface area contributed by atoms with E-state index in [9.17, 15) is 0 Å². The van der Waals surface area contributed by atoms with Gasteiger partial charge in [-0.2, -0.15) is 0 Å². The fraction of sp³-hybridized carbons (Fsp3) is 0.500. The molecular formula is C12H20BNO3. The second-order valence-corrected chi connectivity index (χ2v) is 4.37. The van der Waals surface area contributed by atoms with Gasteiger partial charge in [0.1, 0.15) is 12.4 Å². The summed E-state index contributed by atoms with van der Waals surface area (Å²) in [4.78, 5) is 2.20. The highest BCUT2D eigenvalue weighted by Gasteiger charge is 2.10. The van der Waals surface area contributed by atoms with Crippen molar-refractivity contribution in [2.45, 2.75) is 19.9 Å². The van der Waals surface area contributed by atoms with E-state index in [1.807, 2.05) is 0 Å². The number of rotatable bonds is 6. The van der Waals surface area contributed by atoms with Crippen molar-refractivity contribution in [3.8, 4) is 5.75 Å². The molecule has 17 heavy (non-hydrogen) atoms. The van der Waals surface area contributed by atoms with Gasteiger partial charge in [-0.1, -0.05) is 12.1 Å². The zero-order valence-corrected chi connectivity index (χ0v) is 10.6. The van der Waals surface area contributed by atoms with Crippen LogP contribution in [0.1, 0.15) is 13.8 Å². The molecule has 4 nitrogen and oxygen atoms in total. The van der Waals surface area contributed by atoms with Crippen molar-refractivity contribution in [3.63, 3.8) is 0 Å². The Labute approximate surface area is 103 Å². The molecule has 1 aromatic carbocycles. The van der Waals surface area contributed by atoms with Gasteiger partial charge in [-0.3, -0.25) is 0 Å². The number of ether oxygens (including phenoxy) is 1. The Kier molecular flexibility index (Phi) is 5.48. The van der Waals surface area contributed by atoms with E-state index in [4.69, 9.17) is 14.8 Å². The molecule has 0 radical (unpaired) electrons. The molecule has 0 saturated heterocycles. The summed E-state index contributed by atoms with van der Waals surface area (Å²) in [7, 11) is 0.635. The summed E-state index contributed by atoms with van der Waals surface area (Å²) in [5.41, 5.74) is 0.469. The average Bonchev–Trinajstić information content (AvgIpc) is 2.29. The van der Waals surface area contributed by atoms with Crippen LogP contribution in [0.2, 0.25) is 0 Å². The van der Waals surface area contributed by atoms with Crippen LogP contribution in [0.4, 0.5) is 0 Å². The molecule has 0 aromatic heterocycles. The third-order valence-electron chi connectivity index (χ3n) is 2.77. The molecule has 0 amide bonds. The Bertz CT molecular complexity index is 327. The molecule has 0 aliphatic rings. The SMILES string of the molecule is CC(C)N(C)CCOc1ccc(B(O)O)cc1. The molecule has 0 atom stereocenters. The smallest absolute Gasteiger partial charge is 0.488 e. The molecule has 0 fully saturated rings. The Morgan fingerprint density at radius 3 is 2.29 bits per heavy atom. The number of benzene rings is 1. The second-order valence-electron chi connectivity index (χ2n) is 4.37. The lowest BCUT2D eigenvalue weighted by Gasteiger charge is -2.20. The van der Waals surface area contributed by atoms with Crippen LogP contribution in [-0.2, 0) is 0 Å². The fourth-order valence-electron chi connectivity index (χ4n) is 1.30. The van der Waals surface area contributed by atoms with Gasteiger partial charge < -0.3 is 19.7 Å². The van der Waals surface area contributed by atoms with E-state index in [0.717, 1.165) is 12.3 Å². The average molecular weight is 237 g/mol. The van der Waals surface area contributed by atoms with Crippen molar-refractivity contribution >= 4 is 12.6 Å². The van der Waals surface area contributed by atoms with Gasteiger partial charge in [0.2, 0.25) is 0 Å². The summed E-state index contributed by atoms with van der Waals surface area (Å²) in [5, 5.41) is 17.9. The van der Waals surface area contributed by atoms with Crippen LogP contribution in [0.15, 0.2) is 24.3 Å². The summed E-state index contributed by atoms with van der Waals surface area (Å²) in [5.74, 6) is 0.742. The number of hydrogen-bond acceptors (Lipinski definition) is 4. The highest BCUT2D eigenvalue weighted by atomic mass is 16.5. The van der Waals surface area contributed by atoms with Crippen LogP contribution in [0.3, 0.4) is 0 Å². The summed E-state index contributed by atoms with van der Waals surface area (Å²) in [6, 6.07) is 7.28. The van der Waals surface area contributed by atoms with Gasteiger partial charge in [-0.15, -0.1) is 0 Å². The molecule has 0 bridgehead atoms. The molecule has 1 aromatic rings. The summed E-state index contributed by atoms with van der Waals surface area (Å²) in [6.45, 7) is 5.76. The van der Waals surface area contributed by atoms with E-state index in [-0.39, 0.29) is 0 Å². The monoisotopic (exact) mass is 237 g/mol. The van der Waals surface area contributed by atoms with Crippen LogP contribution in [-0.4, -0.2) is 48.3 Å². The van der Waals surface area contributed by atoms with Crippen molar-refractivity contribution in [3.05, 3.63) is 24.3 Å². The van der Waals surface area contributed by atoms with Gasteiger partial charge in [0.05, 0.1) is 0 Å². The van der Waals surface area contributed by atoms with Gasteiger partial charge in [-0.25, -0.2) is 0 Å². The predicted molar refractivity (Wildman–Crippen MR) is 69.5 cm³/mol. The van der Waals surface area contributed by atoms with Crippen molar-refractivity contribution in [1.29, 1.82) is 0 Å². The molecular weight excluding hydrogens is 217 g/mol. The first-order chi connectivity index (χ1) is 8.00. The predicted octanol–water partition coefficient (Wildman–Crippen LogP) is 0.0854. The van der Waals surface area contributed by atoms with Crippen LogP contribution in [0, 0.1) is 0 Å². The fourth-order valence-corrected chi connectivity index (χ4v) is 1.30. The molecule has 0 aliphatic heterocycles. The normalized spacial score (nSPS) is 11.0. The first-order valence-corrected chi connectivity index (χ1v) is 5.80. The molecule has 0 saturated carbocycles. The summed E-state index contributed by atoms with van der Waals surface area (Å²) in [6.07, 6.45) is 0. The maximum Gasteiger partial charge on any atom is 0.488 e. The lowest BCUT2D eigenvalue weighted by molar-refractivity contribution is 0.208. The quantitative estimate of drug-likeness (QED) is 0.688. The van der Waals surface area contributed by atoms with E-state index in [1.54, 1.807) is 24.3 Å². The van der Waals surface area contributed by atoms with E-state index in [0.29, 0.717) is 18.1 Å². The van der Waals surface area contributed by atoms with E-state index >= 15 is 0 Å². The molecule has 0 heterocycles. The summed E-state index contributed by atoms with van der Waals surface area (Å²) >= 11 is 0. The lowest BCUT2D eigenvalue weighted by atomic mass is 9.80. The minimum atomic E-state index is -1.42. The summed E-state index contributed by atoms with van der Waals surface area (Å²) < 4.78 is 5.56. The standard InChI is InChI=1S/C12H20BNO3/c1-10(2)14(3)8-9-17-12-6-4-11(5-7-12)13(15)16/h4-7,10,15-16H,8-9H2,1-3H3. The number of nitrogens with zero attached hydrogens (tertiary/aromatic N) is 1. The Morgan fingerprint density at radius 1 is 1.24 bits per heavy atom. The Morgan fingerprint density at radius 2 is 1.82 bits per heavy atom. The van der Waals surface area contributed by atoms with Crippen LogP contribution >= 0.6 is 0 Å². The second kappa shape index (κ2) is 6.64. The topological polar surface area (TPSA) is 52.9 Å². The first-order valence-electron chi connectivity index (χ1n) is 5.80. The molecule has 5 heteroatoms. The molecule has 94 valence electrons. The lowest BCUT2D eigenvalue weighted by Crippen LogP contribution is -2.31. The zero-order chi connectivity index (χ0) is 12.8. The number of hydrogen-bond donors (Lipinski definition) is 2.